The summed E-state index contributed by atoms with van der Waals surface area (Å²) >= 11 is 0. The number of nitro groups is 1. The maximum atomic E-state index is 11.3. The zero-order valence-electron chi connectivity index (χ0n) is 13.0. The van der Waals surface area contributed by atoms with E-state index in [2.05, 4.69) is 24.1 Å². The molecular weight excluding hydrogens is 325 g/mol. The van der Waals surface area contributed by atoms with Crippen LogP contribution in [0.2, 0.25) is 0 Å². The topological polar surface area (TPSA) is 58.4 Å². The number of para-hydroxylation sites is 1. The Bertz CT molecular complexity index is 468. The second-order valence-corrected chi connectivity index (χ2v) is 5.43. The van der Waals surface area contributed by atoms with E-state index in [0.29, 0.717) is 5.92 Å². The van der Waals surface area contributed by atoms with Gasteiger partial charge in [-0.15, -0.1) is 24.8 Å². The van der Waals surface area contributed by atoms with Crippen LogP contribution in [0.1, 0.15) is 31.9 Å². The first-order valence-corrected chi connectivity index (χ1v) is 7.33. The van der Waals surface area contributed by atoms with E-state index in [9.17, 15) is 10.1 Å². The molecule has 0 amide bonds. The molecule has 0 saturated carbocycles. The number of nitrogens with zero attached hydrogens (tertiary/aromatic N) is 2. The number of hydrogen-bond acceptors (Lipinski definition) is 4. The molecule has 2 rings (SSSR count). The van der Waals surface area contributed by atoms with Gasteiger partial charge in [0.2, 0.25) is 0 Å². The molecule has 1 aliphatic heterocycles. The molecule has 126 valence electrons. The SMILES string of the molecule is CCC(C)[C@H](c1ccccc1[N+](=O)[O-])N1CCNCC1.Cl.Cl. The average molecular weight is 350 g/mol. The first-order chi connectivity index (χ1) is 9.65. The van der Waals surface area contributed by atoms with Crippen molar-refractivity contribution in [1.82, 2.24) is 10.2 Å². The normalized spacial score (nSPS) is 17.7. The first kappa shape index (κ1) is 21.1. The summed E-state index contributed by atoms with van der Waals surface area (Å²) in [4.78, 5) is 13.4. The third kappa shape index (κ3) is 4.81. The Morgan fingerprint density at radius 3 is 2.41 bits per heavy atom. The molecule has 1 heterocycles. The van der Waals surface area contributed by atoms with Crippen molar-refractivity contribution in [3.63, 3.8) is 0 Å². The van der Waals surface area contributed by atoms with Crippen LogP contribution < -0.4 is 5.32 Å². The van der Waals surface area contributed by atoms with Crippen LogP contribution in [0, 0.1) is 16.0 Å². The number of nitro benzene ring substituents is 1. The van der Waals surface area contributed by atoms with Gasteiger partial charge in [0.05, 0.1) is 4.92 Å². The molecule has 1 aromatic rings. The van der Waals surface area contributed by atoms with Crippen LogP contribution in [0.3, 0.4) is 0 Å². The largest absolute Gasteiger partial charge is 0.314 e. The summed E-state index contributed by atoms with van der Waals surface area (Å²) in [6.45, 7) is 8.13. The summed E-state index contributed by atoms with van der Waals surface area (Å²) in [5, 5.41) is 14.6. The number of halogens is 2. The maximum absolute atomic E-state index is 11.3. The minimum absolute atomic E-state index is 0. The predicted octanol–water partition coefficient (Wildman–Crippen LogP) is 3.43. The fourth-order valence-corrected chi connectivity index (χ4v) is 2.95. The lowest BCUT2D eigenvalue weighted by Gasteiger charge is -2.38. The van der Waals surface area contributed by atoms with Crippen LogP contribution in [0.25, 0.3) is 0 Å². The van der Waals surface area contributed by atoms with E-state index in [1.807, 2.05) is 12.1 Å². The summed E-state index contributed by atoms with van der Waals surface area (Å²) < 4.78 is 0. The van der Waals surface area contributed by atoms with Crippen molar-refractivity contribution in [2.24, 2.45) is 5.92 Å². The monoisotopic (exact) mass is 349 g/mol. The Morgan fingerprint density at radius 2 is 1.86 bits per heavy atom. The van der Waals surface area contributed by atoms with Crippen LogP contribution in [0.5, 0.6) is 0 Å². The maximum Gasteiger partial charge on any atom is 0.274 e. The lowest BCUT2D eigenvalue weighted by atomic mass is 9.89. The highest BCUT2D eigenvalue weighted by Crippen LogP contribution is 2.36. The van der Waals surface area contributed by atoms with Crippen LogP contribution in [-0.4, -0.2) is 36.0 Å². The van der Waals surface area contributed by atoms with Gasteiger partial charge in [0.15, 0.2) is 0 Å². The minimum atomic E-state index is -0.257. The van der Waals surface area contributed by atoms with Crippen molar-refractivity contribution >= 4 is 30.5 Å². The van der Waals surface area contributed by atoms with Gasteiger partial charge >= 0.3 is 0 Å². The lowest BCUT2D eigenvalue weighted by Crippen LogP contribution is -2.46. The third-order valence-electron chi connectivity index (χ3n) is 4.18. The van der Waals surface area contributed by atoms with E-state index < -0.39 is 0 Å². The molecule has 1 fully saturated rings. The third-order valence-corrected chi connectivity index (χ3v) is 4.18. The molecule has 1 aromatic carbocycles. The Balaban J connectivity index is 0.00000220. The number of piperazine rings is 1. The van der Waals surface area contributed by atoms with E-state index >= 15 is 0 Å². The van der Waals surface area contributed by atoms with Crippen molar-refractivity contribution in [2.75, 3.05) is 26.2 Å². The van der Waals surface area contributed by atoms with Crippen molar-refractivity contribution in [3.8, 4) is 0 Å². The molecule has 22 heavy (non-hydrogen) atoms. The highest BCUT2D eigenvalue weighted by molar-refractivity contribution is 5.85. The highest BCUT2D eigenvalue weighted by Gasteiger charge is 2.31. The first-order valence-electron chi connectivity index (χ1n) is 7.33. The Hall–Kier alpha value is -0.880. The predicted molar refractivity (Wildman–Crippen MR) is 94.2 cm³/mol. The van der Waals surface area contributed by atoms with Gasteiger partial charge in [-0.05, 0) is 5.92 Å². The van der Waals surface area contributed by atoms with Gasteiger partial charge in [-0.2, -0.15) is 0 Å². The molecule has 1 unspecified atom stereocenters. The van der Waals surface area contributed by atoms with Gasteiger partial charge in [-0.1, -0.05) is 38.5 Å². The smallest absolute Gasteiger partial charge is 0.274 e. The molecular formula is C15H25Cl2N3O2. The van der Waals surface area contributed by atoms with E-state index in [0.717, 1.165) is 38.2 Å². The van der Waals surface area contributed by atoms with Gasteiger partial charge in [0.25, 0.3) is 5.69 Å². The van der Waals surface area contributed by atoms with Crippen LogP contribution in [0.4, 0.5) is 5.69 Å². The Labute approximate surface area is 144 Å². The van der Waals surface area contributed by atoms with Crippen LogP contribution >= 0.6 is 24.8 Å². The molecule has 0 bridgehead atoms. The van der Waals surface area contributed by atoms with E-state index in [1.165, 1.54) is 0 Å². The number of hydrogen-bond donors (Lipinski definition) is 1. The summed E-state index contributed by atoms with van der Waals surface area (Å²) in [5.74, 6) is 0.397. The lowest BCUT2D eigenvalue weighted by molar-refractivity contribution is -0.386. The second kappa shape index (κ2) is 10.0. The van der Waals surface area contributed by atoms with Gasteiger partial charge in [-0.25, -0.2) is 0 Å². The Morgan fingerprint density at radius 1 is 1.27 bits per heavy atom. The molecule has 0 spiro atoms. The van der Waals surface area contributed by atoms with Gasteiger partial charge in [0, 0.05) is 43.9 Å². The molecule has 0 aliphatic carbocycles. The molecule has 2 atom stereocenters. The summed E-state index contributed by atoms with van der Waals surface area (Å²) in [7, 11) is 0. The zero-order valence-corrected chi connectivity index (χ0v) is 14.7. The second-order valence-electron chi connectivity index (χ2n) is 5.43. The highest BCUT2D eigenvalue weighted by atomic mass is 35.5. The average Bonchev–Trinajstić information content (AvgIpc) is 2.48. The van der Waals surface area contributed by atoms with Crippen molar-refractivity contribution in [1.29, 1.82) is 0 Å². The fraction of sp³-hybridized carbons (Fsp3) is 0.600. The number of rotatable bonds is 5. The van der Waals surface area contributed by atoms with Crippen LogP contribution in [0.15, 0.2) is 24.3 Å². The molecule has 0 aromatic heterocycles. The molecule has 5 nitrogen and oxygen atoms in total. The van der Waals surface area contributed by atoms with Crippen molar-refractivity contribution < 1.29 is 4.92 Å². The van der Waals surface area contributed by atoms with Crippen molar-refractivity contribution in [2.45, 2.75) is 26.3 Å². The Kier molecular flexibility index (Phi) is 9.60. The van der Waals surface area contributed by atoms with Gasteiger partial charge < -0.3 is 5.32 Å². The minimum Gasteiger partial charge on any atom is -0.314 e. The zero-order chi connectivity index (χ0) is 14.5. The quantitative estimate of drug-likeness (QED) is 0.653. The molecule has 0 radical (unpaired) electrons. The standard InChI is InChI=1S/C15H23N3O2.2ClH/c1-3-12(2)15(17-10-8-16-9-11-17)13-6-4-5-7-14(13)18(19)20;;/h4-7,12,15-16H,3,8-11H2,1-2H3;2*1H/t12?,15-;;/m1../s1. The summed E-state index contributed by atoms with van der Waals surface area (Å²) in [6.07, 6.45) is 1.01. The van der Waals surface area contributed by atoms with Crippen molar-refractivity contribution in [3.05, 3.63) is 39.9 Å². The fourth-order valence-electron chi connectivity index (χ4n) is 2.95. The van der Waals surface area contributed by atoms with E-state index in [4.69, 9.17) is 0 Å². The number of nitrogens with one attached hydrogen (secondary N) is 1. The molecule has 1 saturated heterocycles. The summed E-state index contributed by atoms with van der Waals surface area (Å²) in [6, 6.07) is 7.31. The van der Waals surface area contributed by atoms with Crippen LogP contribution in [-0.2, 0) is 0 Å². The van der Waals surface area contributed by atoms with Gasteiger partial charge in [0.1, 0.15) is 0 Å². The molecule has 7 heteroatoms. The summed E-state index contributed by atoms with van der Waals surface area (Å²) in [5.41, 5.74) is 1.10. The molecule has 1 aliphatic rings. The molecule has 1 N–H and O–H groups in total. The van der Waals surface area contributed by atoms with Gasteiger partial charge in [-0.3, -0.25) is 15.0 Å². The van der Waals surface area contributed by atoms with E-state index in [1.54, 1.807) is 12.1 Å². The number of benzene rings is 1. The van der Waals surface area contributed by atoms with E-state index in [-0.39, 0.29) is 41.5 Å².